The summed E-state index contributed by atoms with van der Waals surface area (Å²) >= 11 is 1.96. The van der Waals surface area contributed by atoms with Crippen LogP contribution in [0.5, 0.6) is 0 Å². The lowest BCUT2D eigenvalue weighted by atomic mass is 9.76. The molecule has 5 heterocycles. The number of hydrogen-bond acceptors (Lipinski definition) is 40. The molecule has 722 valence electrons. The third-order valence-corrected chi connectivity index (χ3v) is 16.2. The Morgan fingerprint density at radius 3 is 1.25 bits per heavy atom. The van der Waals surface area contributed by atoms with Gasteiger partial charge in [0.25, 0.3) is 0 Å². The summed E-state index contributed by atoms with van der Waals surface area (Å²) in [6.45, 7) is 12.6. The predicted molar refractivity (Wildman–Crippen MR) is 476 cm³/mol. The van der Waals surface area contributed by atoms with Gasteiger partial charge in [-0.2, -0.15) is 10.4 Å². The number of carboxylic acids is 1. The molecule has 1 aromatic heterocycles. The van der Waals surface area contributed by atoms with Crippen molar-refractivity contribution in [2.45, 2.75) is 227 Å². The van der Waals surface area contributed by atoms with Gasteiger partial charge in [-0.1, -0.05) is 52.3 Å². The van der Waals surface area contributed by atoms with Crippen molar-refractivity contribution >= 4 is 149 Å². The summed E-state index contributed by atoms with van der Waals surface area (Å²) in [5.74, 6) is -7.20. The molecule has 1 fully saturated rings. The molecule has 8 unspecified atom stereocenters. The van der Waals surface area contributed by atoms with E-state index in [-0.39, 0.29) is 84.2 Å². The molecule has 1 saturated heterocycles. The van der Waals surface area contributed by atoms with Crippen LogP contribution in [0.15, 0.2) is 80.3 Å². The number of ether oxygens (including phenoxy) is 8. The molecular weight excluding hydrogens is 1830 g/mol. The number of esters is 3. The zero-order chi connectivity index (χ0) is 94.6. The molecule has 1 aliphatic carbocycles. The van der Waals surface area contributed by atoms with Crippen molar-refractivity contribution in [2.75, 3.05) is 52.7 Å². The highest BCUT2D eigenvalue weighted by atomic mass is 127. The Kier molecular flexibility index (Phi) is 65.8. The van der Waals surface area contributed by atoms with Crippen LogP contribution in [0.3, 0.4) is 0 Å². The number of aliphatic hydroxyl groups excluding tert-OH is 10. The van der Waals surface area contributed by atoms with Crippen LogP contribution in [0.1, 0.15) is 72.1 Å². The van der Waals surface area contributed by atoms with Crippen molar-refractivity contribution in [3.63, 3.8) is 0 Å². The maximum Gasteiger partial charge on any atom is 0.508 e. The van der Waals surface area contributed by atoms with E-state index in [1.54, 1.807) is 31.4 Å². The fraction of sp³-hybridized carbons (Fsp3) is 0.647. The monoisotopic (exact) mass is 1960 g/mol. The number of aromatic nitrogens is 2. The zero-order valence-corrected chi connectivity index (χ0v) is 72.4. The van der Waals surface area contributed by atoms with Crippen LogP contribution in [0.2, 0.25) is 40.9 Å². The number of rotatable bonds is 27. The molecule has 4 aliphatic heterocycles. The minimum absolute atomic E-state index is 0. The second-order valence-corrected chi connectivity index (χ2v) is 26.4. The van der Waals surface area contributed by atoms with E-state index in [2.05, 4.69) is 76.9 Å². The Labute approximate surface area is 760 Å². The Morgan fingerprint density at radius 1 is 0.583 bits per heavy atom. The van der Waals surface area contributed by atoms with Crippen LogP contribution in [-0.4, -0.2) is 378 Å². The second-order valence-electron chi connectivity index (χ2n) is 26.4. The Balaban J connectivity index is -0.000000362. The zero-order valence-electron chi connectivity index (χ0n) is 70.5. The van der Waals surface area contributed by atoms with Crippen molar-refractivity contribution in [1.29, 1.82) is 5.26 Å². The highest BCUT2D eigenvalue weighted by Gasteiger charge is 2.49. The van der Waals surface area contributed by atoms with Gasteiger partial charge in [0.15, 0.2) is 24.0 Å². The molecule has 0 aromatic carbocycles. The molecule has 0 radical (unpaired) electrons. The summed E-state index contributed by atoms with van der Waals surface area (Å²) in [6, 6.07) is -3.80. The quantitative estimate of drug-likeness (QED) is 0.00740. The van der Waals surface area contributed by atoms with Crippen molar-refractivity contribution in [3.8, 4) is 6.07 Å². The summed E-state index contributed by atoms with van der Waals surface area (Å²) in [5, 5.41) is 198. The number of nitriles is 1. The lowest BCUT2D eigenvalue weighted by Gasteiger charge is -2.40. The number of carboxylic acid groups (broad SMARTS) is 1. The number of halogens is 2. The highest BCUT2D eigenvalue weighted by molar-refractivity contribution is 14.1. The molecule has 5 aliphatic rings. The Morgan fingerprint density at radius 2 is 0.929 bits per heavy atom. The summed E-state index contributed by atoms with van der Waals surface area (Å²) in [7, 11) is -2.55. The topological polar surface area (TPSA) is 810 Å². The van der Waals surface area contributed by atoms with Gasteiger partial charge in [-0.05, 0) is 82.6 Å². The van der Waals surface area contributed by atoms with Gasteiger partial charge < -0.3 is 183 Å². The van der Waals surface area contributed by atoms with E-state index in [4.69, 9.17) is 71.9 Å². The number of methoxy groups -OCH3 is 3. The first-order chi connectivity index (χ1) is 57.5. The Bertz CT molecular complexity index is 3770. The third-order valence-electron chi connectivity index (χ3n) is 16.2. The van der Waals surface area contributed by atoms with Crippen molar-refractivity contribution in [2.24, 2.45) is 32.1 Å². The number of nitrogens with one attached hydrogen (secondary N) is 9. The fourth-order valence-corrected chi connectivity index (χ4v) is 11.2. The molecule has 127 heavy (non-hydrogen) atoms. The SMILES string of the molecule is C.C.C.C.CB(O)N=C(NB(C)O)n1cccn1.CC#N.CC(=O)N[C@@H]1C(N)C=C(C(=O)O)O[C@H]1[C@H](O)C(O)CO.COC(=O)C1=CC(N)[C@@H](NC(C)=O)[C@H]([C@H](O)C(O)CO)O1.COC(=O)C1=CC(NC(=NB(C)O)NB(C)O)[C@@H](NC(C)=O)[C@H]([C@H](O)C(O)CO)O1.COC(=O)C1=CC(NC(=NB(C)O)NB(C)O)[C@@H](NC(C)=O)[C@H]([C@H](O)C2COC(=O)O2)C1.Cl.[2H]CI. The van der Waals surface area contributed by atoms with Crippen LogP contribution in [0.25, 0.3) is 0 Å². The molecule has 0 bridgehead atoms. The number of nitrogens with zero attached hydrogens (tertiary/aromatic N) is 6. The average molecular weight is 1960 g/mol. The van der Waals surface area contributed by atoms with Crippen molar-refractivity contribution in [3.05, 3.63) is 65.6 Å². The smallest absolute Gasteiger partial charge is 0.478 e. The Hall–Kier alpha value is -9.21. The molecular formula is C68H129B6ClIN17O34. The molecule has 30 N–H and O–H groups in total. The minimum Gasteiger partial charge on any atom is -0.478 e. The first-order valence-electron chi connectivity index (χ1n) is 37.4. The van der Waals surface area contributed by atoms with E-state index in [1.807, 2.05) is 22.6 Å². The van der Waals surface area contributed by atoms with E-state index in [9.17, 15) is 104 Å². The highest BCUT2D eigenvalue weighted by Crippen LogP contribution is 2.33. The maximum absolute atomic E-state index is 12.3. The summed E-state index contributed by atoms with van der Waals surface area (Å²) in [6.07, 6.45) is -8.35. The first-order valence-corrected chi connectivity index (χ1v) is 38.2. The second kappa shape index (κ2) is 66.2. The van der Waals surface area contributed by atoms with Crippen LogP contribution in [0, 0.1) is 17.2 Å². The normalized spacial score (nSPS) is 22.7. The van der Waals surface area contributed by atoms with Crippen LogP contribution in [-0.2, 0) is 76.3 Å². The summed E-state index contributed by atoms with van der Waals surface area (Å²) in [4.78, 5) is 116. The number of aliphatic hydroxyl groups is 10. The van der Waals surface area contributed by atoms with Gasteiger partial charge in [0, 0.05) is 59.9 Å². The lowest BCUT2D eigenvalue weighted by molar-refractivity contribution is -0.149. The van der Waals surface area contributed by atoms with Gasteiger partial charge in [-0.3, -0.25) is 33.9 Å². The number of cyclic esters (lactones) is 2. The molecule has 51 nitrogen and oxygen atoms in total. The number of guanidine groups is 2. The fourth-order valence-electron chi connectivity index (χ4n) is 11.2. The van der Waals surface area contributed by atoms with Gasteiger partial charge in [0.05, 0.1) is 102 Å². The van der Waals surface area contributed by atoms with Crippen LogP contribution in [0.4, 0.5) is 4.79 Å². The number of carbonyl (C=O) groups is 9. The van der Waals surface area contributed by atoms with Gasteiger partial charge in [0.1, 0.15) is 61.5 Å². The minimum atomic E-state index is -1.70. The average Bonchev–Trinajstić information content (AvgIpc) is 1.13. The molecule has 59 heteroatoms. The van der Waals surface area contributed by atoms with E-state index in [0.29, 0.717) is 10.9 Å². The molecule has 0 spiro atoms. The first kappa shape index (κ1) is 126. The molecule has 1 aromatic rings. The van der Waals surface area contributed by atoms with Crippen molar-refractivity contribution < 1.29 is 169 Å². The van der Waals surface area contributed by atoms with E-state index >= 15 is 0 Å². The van der Waals surface area contributed by atoms with Gasteiger partial charge in [0.2, 0.25) is 40.9 Å². The van der Waals surface area contributed by atoms with E-state index in [1.165, 1.54) is 98.8 Å². The maximum atomic E-state index is 12.3. The largest absolute Gasteiger partial charge is 0.508 e. The molecule has 4 amide bonds. The number of amides is 4. The van der Waals surface area contributed by atoms with Crippen molar-refractivity contribution in [1.82, 2.24) is 57.4 Å². The standard InChI is InChI=1S/C17H28B2N4O9.C15H28B2N4O9.C12H20N2O7.C11H18N2O7.C6H12B2N4O2.C2H3N.CH3I.4CH4.ClH/c1-8(24)20-13-10(14(25)12-7-31-17(27)32-12)5-9(15(26)30-4)6-11(13)21-16(22-18(2)28)23-19(3)29;1-7(23)18-11-8(19-15(20-16(2)27)21-17(3)28)5-10(14(26)29-4)30-13(11)12(25)9(24)6-22;1-5(16)14-9-6(13)3-8(12(19)20-2)21-11(9)10(18)7(17)4-15;1-4(15)13-8-5(12)2-7(11(18)19)20-10(8)9(17)6(16)3-14;1-7(13)10-6(11-8(2)14)12-5-3-4-9-12;1-2-3;1-2;;;;;/h6,10-14,25,28-29H,5,7H2,1-4H3,(H,20,24)(H2,21,22,23);5,8-9,11-13,22,24-25,27-28H,6H2,1-4H3,(H,18,23)(H2,19,20,21);3,6-7,9-11,15,17-18H,4,13H2,1-2H3,(H,14,16);2,5-6,8-10,14,16-17H,3,12H2,1H3,(H,13,15)(H,18,19);3-5,13-14H,1-2H3,(H,10,11);1H3;1H3;4*1H4;1H/t10-,11?,12?,13+,14+;8?,9?,11-,12-,13-;6?,7?,9-,10-,11-;5?,6?,8-,9-,10-;;;;;;;;/m1111......../s1/i;;;;;;1D;;;;;. The van der Waals surface area contributed by atoms with E-state index in [0.717, 1.165) is 20.3 Å². The summed E-state index contributed by atoms with van der Waals surface area (Å²) in [5.41, 5.74) is 11.8. The molecule has 6 rings (SSSR count). The van der Waals surface area contributed by atoms with Gasteiger partial charge >= 0.3 is 72.3 Å². The predicted octanol–water partition coefficient (Wildman–Crippen LogP) is -9.25. The summed E-state index contributed by atoms with van der Waals surface area (Å²) < 4.78 is 47.1. The number of aliphatic carboxylic acids is 1. The number of alkyl halides is 1. The molecule has 0 saturated carbocycles. The van der Waals surface area contributed by atoms with Gasteiger partial charge in [-0.15, -0.1) is 12.4 Å². The lowest BCUT2D eigenvalue weighted by Crippen LogP contribution is -2.65. The number of carbonyl (C=O) groups excluding carboxylic acids is 8. The van der Waals surface area contributed by atoms with E-state index < -0.39 is 243 Å². The molecule has 20 atom stereocenters. The van der Waals surface area contributed by atoms with Crippen LogP contribution < -0.4 is 59.1 Å². The van der Waals surface area contributed by atoms with Crippen LogP contribution >= 0.6 is 35.0 Å². The van der Waals surface area contributed by atoms with Gasteiger partial charge in [-0.25, -0.2) is 28.7 Å². The number of nitrogens with two attached hydrogens (primary N) is 2. The number of hydrogen-bond donors (Lipinski definition) is 28. The third kappa shape index (κ3) is 46.1.